The number of benzene rings is 2. The number of hydrogen-bond donors (Lipinski definition) is 2. The zero-order valence-electron chi connectivity index (χ0n) is 18.1. The number of carbonyl (C=O) groups excluding carboxylic acids is 2. The molecule has 1 saturated heterocycles. The van der Waals surface area contributed by atoms with Gasteiger partial charge in [0, 0.05) is 30.6 Å². The van der Waals surface area contributed by atoms with E-state index in [1.807, 2.05) is 29.2 Å². The predicted molar refractivity (Wildman–Crippen MR) is 119 cm³/mol. The highest BCUT2D eigenvalue weighted by molar-refractivity contribution is 5.97. The molecule has 0 spiro atoms. The first-order valence-electron chi connectivity index (χ1n) is 11.0. The van der Waals surface area contributed by atoms with Crippen LogP contribution in [0.3, 0.4) is 0 Å². The molecule has 2 aromatic carbocycles. The molecule has 1 saturated carbocycles. The van der Waals surface area contributed by atoms with Gasteiger partial charge in [0.2, 0.25) is 5.91 Å². The smallest absolute Gasteiger partial charge is 0.254 e. The van der Waals surface area contributed by atoms with E-state index in [2.05, 4.69) is 5.32 Å². The van der Waals surface area contributed by atoms with E-state index in [0.29, 0.717) is 24.2 Å². The summed E-state index contributed by atoms with van der Waals surface area (Å²) in [5.41, 5.74) is 1.41. The number of methoxy groups -OCH3 is 1. The molecule has 2 N–H and O–H groups in total. The summed E-state index contributed by atoms with van der Waals surface area (Å²) in [4.78, 5) is 27.0. The quantitative estimate of drug-likeness (QED) is 0.775. The summed E-state index contributed by atoms with van der Waals surface area (Å²) in [5.74, 6) is 0.497. The average molecular weight is 423 g/mol. The highest BCUT2D eigenvalue weighted by atomic mass is 16.5. The molecular weight excluding hydrogens is 392 g/mol. The first-order valence-corrected chi connectivity index (χ1v) is 11.0. The highest BCUT2D eigenvalue weighted by Gasteiger charge is 2.50. The average Bonchev–Trinajstić information content (AvgIpc) is 2.77. The normalized spacial score (nSPS) is 25.5. The van der Waals surface area contributed by atoms with Gasteiger partial charge in [-0.3, -0.25) is 9.59 Å². The molecule has 0 aromatic heterocycles. The Morgan fingerprint density at radius 2 is 1.90 bits per heavy atom. The van der Waals surface area contributed by atoms with Crippen LogP contribution < -0.4 is 10.1 Å². The third-order valence-corrected chi connectivity index (χ3v) is 6.72. The summed E-state index contributed by atoms with van der Waals surface area (Å²) in [6.07, 6.45) is 4.34. The molecule has 4 rings (SSSR count). The van der Waals surface area contributed by atoms with Gasteiger partial charge in [0.25, 0.3) is 5.91 Å². The largest absolute Gasteiger partial charge is 0.497 e. The number of carbonyl (C=O) groups is 2. The molecule has 0 bridgehead atoms. The number of nitrogens with one attached hydrogen (secondary N) is 1. The van der Waals surface area contributed by atoms with Crippen LogP contribution >= 0.6 is 0 Å². The van der Waals surface area contributed by atoms with Crippen molar-refractivity contribution in [1.82, 2.24) is 4.90 Å². The van der Waals surface area contributed by atoms with Crippen molar-refractivity contribution in [2.45, 2.75) is 50.7 Å². The number of amides is 2. The molecule has 1 aliphatic carbocycles. The summed E-state index contributed by atoms with van der Waals surface area (Å²) >= 11 is 0. The maximum absolute atomic E-state index is 13.6. The number of nitrogens with zero attached hydrogens (tertiary/aromatic N) is 1. The number of rotatable bonds is 4. The van der Waals surface area contributed by atoms with Gasteiger partial charge < -0.3 is 20.1 Å². The first-order chi connectivity index (χ1) is 14.9. The summed E-state index contributed by atoms with van der Waals surface area (Å²) in [6.45, 7) is 1.94. The van der Waals surface area contributed by atoms with E-state index in [4.69, 9.17) is 4.74 Å². The van der Waals surface area contributed by atoms with E-state index < -0.39 is 5.60 Å². The maximum atomic E-state index is 13.6. The highest BCUT2D eigenvalue weighted by Crippen LogP contribution is 2.49. The van der Waals surface area contributed by atoms with Crippen molar-refractivity contribution in [3.05, 3.63) is 59.7 Å². The van der Waals surface area contributed by atoms with Gasteiger partial charge in [-0.2, -0.15) is 0 Å². The molecule has 3 atom stereocenters. The lowest BCUT2D eigenvalue weighted by atomic mass is 9.66. The number of piperidine rings is 1. The van der Waals surface area contributed by atoms with Crippen LogP contribution in [0.2, 0.25) is 0 Å². The predicted octanol–water partition coefficient (Wildman–Crippen LogP) is 4.16. The number of ether oxygens (including phenoxy) is 1. The standard InChI is InChI=1S/C25H30N2O4/c1-17(28)26-20-7-5-6-19(16-20)24(29)27-15-14-25(30)13-4-3-8-22(25)23(27)18-9-11-21(31-2)12-10-18/h5-7,9-12,16,22-23,30H,3-4,8,13-15H2,1-2H3,(H,26,28). The Morgan fingerprint density at radius 1 is 1.13 bits per heavy atom. The Hall–Kier alpha value is -2.86. The molecule has 2 amide bonds. The molecule has 0 radical (unpaired) electrons. The Kier molecular flexibility index (Phi) is 6.01. The summed E-state index contributed by atoms with van der Waals surface area (Å²) in [5, 5.41) is 14.2. The van der Waals surface area contributed by atoms with Crippen LogP contribution in [-0.2, 0) is 4.79 Å². The molecule has 1 aliphatic heterocycles. The lowest BCUT2D eigenvalue weighted by Gasteiger charge is -2.52. The molecule has 2 fully saturated rings. The second-order valence-corrected chi connectivity index (χ2v) is 8.68. The maximum Gasteiger partial charge on any atom is 0.254 e. The van der Waals surface area contributed by atoms with E-state index in [9.17, 15) is 14.7 Å². The number of anilines is 1. The van der Waals surface area contributed by atoms with Crippen LogP contribution in [-0.4, -0.2) is 41.1 Å². The van der Waals surface area contributed by atoms with Crippen LogP contribution in [0.25, 0.3) is 0 Å². The van der Waals surface area contributed by atoms with Crippen molar-refractivity contribution in [2.24, 2.45) is 5.92 Å². The monoisotopic (exact) mass is 422 g/mol. The Balaban J connectivity index is 1.70. The van der Waals surface area contributed by atoms with Gasteiger partial charge in [-0.25, -0.2) is 0 Å². The molecule has 6 heteroatoms. The van der Waals surface area contributed by atoms with E-state index in [1.54, 1.807) is 31.4 Å². The number of likely N-dealkylation sites (tertiary alicyclic amines) is 1. The SMILES string of the molecule is COc1ccc(C2C3CCCCC3(O)CCN2C(=O)c2cccc(NC(C)=O)c2)cc1. The van der Waals surface area contributed by atoms with Crippen molar-refractivity contribution in [2.75, 3.05) is 19.0 Å². The molecule has 3 unspecified atom stereocenters. The molecule has 31 heavy (non-hydrogen) atoms. The van der Waals surface area contributed by atoms with Crippen molar-refractivity contribution >= 4 is 17.5 Å². The van der Waals surface area contributed by atoms with Crippen molar-refractivity contribution in [3.8, 4) is 5.75 Å². The molecular formula is C25H30N2O4. The summed E-state index contributed by atoms with van der Waals surface area (Å²) in [7, 11) is 1.63. The van der Waals surface area contributed by atoms with Gasteiger partial charge in [0.15, 0.2) is 0 Å². The Bertz CT molecular complexity index is 958. The third-order valence-electron chi connectivity index (χ3n) is 6.72. The molecule has 164 valence electrons. The number of fused-ring (bicyclic) bond motifs is 1. The molecule has 6 nitrogen and oxygen atoms in total. The minimum Gasteiger partial charge on any atom is -0.497 e. The van der Waals surface area contributed by atoms with Gasteiger partial charge in [-0.15, -0.1) is 0 Å². The number of hydrogen-bond acceptors (Lipinski definition) is 4. The van der Waals surface area contributed by atoms with E-state index >= 15 is 0 Å². The molecule has 2 aromatic rings. The fraction of sp³-hybridized carbons (Fsp3) is 0.440. The second kappa shape index (κ2) is 8.71. The fourth-order valence-corrected chi connectivity index (χ4v) is 5.22. The van der Waals surface area contributed by atoms with E-state index in [1.165, 1.54) is 6.92 Å². The summed E-state index contributed by atoms with van der Waals surface area (Å²) < 4.78 is 5.31. The van der Waals surface area contributed by atoms with E-state index in [0.717, 1.165) is 37.0 Å². The number of aliphatic hydroxyl groups is 1. The minimum atomic E-state index is -0.738. The second-order valence-electron chi connectivity index (χ2n) is 8.68. The van der Waals surface area contributed by atoms with Gasteiger partial charge in [0.05, 0.1) is 18.8 Å². The molecule has 1 heterocycles. The third kappa shape index (κ3) is 4.30. The zero-order valence-corrected chi connectivity index (χ0v) is 18.1. The summed E-state index contributed by atoms with van der Waals surface area (Å²) in [6, 6.07) is 14.7. The van der Waals surface area contributed by atoms with Gasteiger partial charge in [-0.1, -0.05) is 31.0 Å². The van der Waals surface area contributed by atoms with Crippen LogP contribution in [0.15, 0.2) is 48.5 Å². The molecule has 2 aliphatic rings. The van der Waals surface area contributed by atoms with Gasteiger partial charge >= 0.3 is 0 Å². The van der Waals surface area contributed by atoms with E-state index in [-0.39, 0.29) is 23.8 Å². The minimum absolute atomic E-state index is 0.00845. The van der Waals surface area contributed by atoms with Crippen LogP contribution in [0.4, 0.5) is 5.69 Å². The van der Waals surface area contributed by atoms with Gasteiger partial charge in [0.1, 0.15) is 5.75 Å². The fourth-order valence-electron chi connectivity index (χ4n) is 5.22. The van der Waals surface area contributed by atoms with Crippen LogP contribution in [0, 0.1) is 5.92 Å². The topological polar surface area (TPSA) is 78.9 Å². The van der Waals surface area contributed by atoms with Crippen molar-refractivity contribution < 1.29 is 19.4 Å². The van der Waals surface area contributed by atoms with Crippen molar-refractivity contribution in [3.63, 3.8) is 0 Å². The lowest BCUT2D eigenvalue weighted by Crippen LogP contribution is -2.56. The van der Waals surface area contributed by atoms with Crippen molar-refractivity contribution in [1.29, 1.82) is 0 Å². The first kappa shape index (κ1) is 21.4. The van der Waals surface area contributed by atoms with Crippen LogP contribution in [0.1, 0.15) is 61.0 Å². The Morgan fingerprint density at radius 3 is 2.61 bits per heavy atom. The Labute approximate surface area is 183 Å². The van der Waals surface area contributed by atoms with Crippen LogP contribution in [0.5, 0.6) is 5.75 Å². The zero-order chi connectivity index (χ0) is 22.0. The lowest BCUT2D eigenvalue weighted by molar-refractivity contribution is -0.115. The van der Waals surface area contributed by atoms with Gasteiger partial charge in [-0.05, 0) is 55.2 Å².